The molecule has 3 heteroatoms. The fourth-order valence-electron chi connectivity index (χ4n) is 2.45. The van der Waals surface area contributed by atoms with Crippen LogP contribution in [0.5, 0.6) is 5.75 Å². The summed E-state index contributed by atoms with van der Waals surface area (Å²) in [6, 6.07) is 8.41. The van der Waals surface area contributed by atoms with Crippen molar-refractivity contribution in [2.24, 2.45) is 5.92 Å². The molecule has 3 rings (SSSR count). The van der Waals surface area contributed by atoms with Gasteiger partial charge in [-0.15, -0.1) is 0 Å². The average molecular weight is 233 g/mol. The fraction of sp³-hybridized carbons (Fsp3) is 0.571. The summed E-state index contributed by atoms with van der Waals surface area (Å²) in [7, 11) is 0. The van der Waals surface area contributed by atoms with E-state index in [-0.39, 0.29) is 6.10 Å². The molecule has 1 aromatic rings. The maximum absolute atomic E-state index is 5.95. The Kier molecular flexibility index (Phi) is 3.29. The van der Waals surface area contributed by atoms with Crippen molar-refractivity contribution in [2.45, 2.75) is 18.9 Å². The molecule has 1 aromatic carbocycles. The van der Waals surface area contributed by atoms with Gasteiger partial charge in [-0.3, -0.25) is 0 Å². The van der Waals surface area contributed by atoms with Crippen molar-refractivity contribution in [3.63, 3.8) is 0 Å². The topological polar surface area (TPSA) is 30.5 Å². The molecule has 1 atom stereocenters. The van der Waals surface area contributed by atoms with Gasteiger partial charge in [0.1, 0.15) is 11.9 Å². The van der Waals surface area contributed by atoms with Crippen LogP contribution in [0, 0.1) is 5.92 Å². The Bertz CT molecular complexity index is 370. The molecule has 2 aliphatic rings. The van der Waals surface area contributed by atoms with Gasteiger partial charge in [-0.05, 0) is 43.5 Å². The molecule has 0 spiro atoms. The number of nitrogens with one attached hydrogen (secondary N) is 1. The van der Waals surface area contributed by atoms with Crippen molar-refractivity contribution in [1.29, 1.82) is 0 Å². The quantitative estimate of drug-likeness (QED) is 0.857. The Morgan fingerprint density at radius 3 is 2.88 bits per heavy atom. The molecule has 0 amide bonds. The summed E-state index contributed by atoms with van der Waals surface area (Å²) in [6.07, 6.45) is 2.66. The molecule has 2 saturated heterocycles. The standard InChI is InChI=1S/C14H19NO2/c1-2-4-14(17-13-9-16-10-13)12(3-1)7-11-5-6-15-8-11/h1-4,11,13,15H,5-10H2. The molecular formula is C14H19NO2. The van der Waals surface area contributed by atoms with Crippen LogP contribution in [0.4, 0.5) is 0 Å². The summed E-state index contributed by atoms with van der Waals surface area (Å²) in [6.45, 7) is 3.77. The smallest absolute Gasteiger partial charge is 0.145 e. The van der Waals surface area contributed by atoms with Gasteiger partial charge >= 0.3 is 0 Å². The molecule has 2 aliphatic heterocycles. The second kappa shape index (κ2) is 5.07. The van der Waals surface area contributed by atoms with Crippen molar-refractivity contribution < 1.29 is 9.47 Å². The number of hydrogen-bond donors (Lipinski definition) is 1. The summed E-state index contributed by atoms with van der Waals surface area (Å²) in [4.78, 5) is 0. The van der Waals surface area contributed by atoms with Gasteiger partial charge in [0.05, 0.1) is 13.2 Å². The third-order valence-electron chi connectivity index (χ3n) is 3.54. The first kappa shape index (κ1) is 11.1. The summed E-state index contributed by atoms with van der Waals surface area (Å²) in [5.41, 5.74) is 1.34. The van der Waals surface area contributed by atoms with Crippen molar-refractivity contribution in [2.75, 3.05) is 26.3 Å². The molecule has 2 fully saturated rings. The summed E-state index contributed by atoms with van der Waals surface area (Å²) < 4.78 is 11.1. The maximum Gasteiger partial charge on any atom is 0.145 e. The monoisotopic (exact) mass is 233 g/mol. The highest BCUT2D eigenvalue weighted by Crippen LogP contribution is 2.25. The van der Waals surface area contributed by atoms with Crippen molar-refractivity contribution in [3.05, 3.63) is 29.8 Å². The van der Waals surface area contributed by atoms with E-state index in [0.717, 1.165) is 44.4 Å². The molecule has 0 aliphatic carbocycles. The minimum Gasteiger partial charge on any atom is -0.485 e. The van der Waals surface area contributed by atoms with Gasteiger partial charge in [-0.25, -0.2) is 0 Å². The van der Waals surface area contributed by atoms with Gasteiger partial charge in [0.25, 0.3) is 0 Å². The first-order valence-corrected chi connectivity index (χ1v) is 6.45. The van der Waals surface area contributed by atoms with Gasteiger partial charge in [0, 0.05) is 0 Å². The number of rotatable bonds is 4. The molecule has 0 aromatic heterocycles. The number of hydrogen-bond acceptors (Lipinski definition) is 3. The van der Waals surface area contributed by atoms with E-state index in [9.17, 15) is 0 Å². The minimum atomic E-state index is 0.262. The molecule has 1 N–H and O–H groups in total. The third-order valence-corrected chi connectivity index (χ3v) is 3.54. The predicted octanol–water partition coefficient (Wildman–Crippen LogP) is 1.62. The molecule has 1 unspecified atom stereocenters. The molecular weight excluding hydrogens is 214 g/mol. The molecule has 17 heavy (non-hydrogen) atoms. The van der Waals surface area contributed by atoms with Crippen molar-refractivity contribution >= 4 is 0 Å². The highest BCUT2D eigenvalue weighted by Gasteiger charge is 2.22. The van der Waals surface area contributed by atoms with E-state index in [2.05, 4.69) is 23.5 Å². The van der Waals surface area contributed by atoms with Crippen LogP contribution in [0.1, 0.15) is 12.0 Å². The summed E-state index contributed by atoms with van der Waals surface area (Å²) in [5.74, 6) is 1.81. The van der Waals surface area contributed by atoms with Gasteiger partial charge in [0.15, 0.2) is 0 Å². The zero-order valence-corrected chi connectivity index (χ0v) is 10.0. The van der Waals surface area contributed by atoms with Gasteiger partial charge < -0.3 is 14.8 Å². The molecule has 0 bridgehead atoms. The second-order valence-corrected chi connectivity index (χ2v) is 4.95. The molecule has 2 heterocycles. The minimum absolute atomic E-state index is 0.262. The van der Waals surface area contributed by atoms with Gasteiger partial charge in [-0.2, -0.15) is 0 Å². The zero-order valence-electron chi connectivity index (χ0n) is 10.0. The number of para-hydroxylation sites is 1. The van der Waals surface area contributed by atoms with Gasteiger partial charge in [0.2, 0.25) is 0 Å². The number of ether oxygens (including phenoxy) is 2. The van der Waals surface area contributed by atoms with Crippen LogP contribution in [0.25, 0.3) is 0 Å². The highest BCUT2D eigenvalue weighted by atomic mass is 16.6. The van der Waals surface area contributed by atoms with E-state index in [0.29, 0.717) is 0 Å². The number of benzene rings is 1. The Labute approximate surface area is 102 Å². The van der Waals surface area contributed by atoms with Crippen LogP contribution >= 0.6 is 0 Å². The summed E-state index contributed by atoms with van der Waals surface area (Å²) in [5, 5.41) is 3.41. The van der Waals surface area contributed by atoms with Gasteiger partial charge in [-0.1, -0.05) is 18.2 Å². The Hall–Kier alpha value is -1.06. The second-order valence-electron chi connectivity index (χ2n) is 4.95. The van der Waals surface area contributed by atoms with Crippen LogP contribution in [0.2, 0.25) is 0 Å². The molecule has 0 saturated carbocycles. The van der Waals surface area contributed by atoms with E-state index in [1.54, 1.807) is 0 Å². The van der Waals surface area contributed by atoms with E-state index < -0.39 is 0 Å². The summed E-state index contributed by atoms with van der Waals surface area (Å²) >= 11 is 0. The van der Waals surface area contributed by atoms with Crippen LogP contribution < -0.4 is 10.1 Å². The van der Waals surface area contributed by atoms with E-state index >= 15 is 0 Å². The first-order chi connectivity index (χ1) is 8.42. The van der Waals surface area contributed by atoms with Crippen LogP contribution in [0.3, 0.4) is 0 Å². The van der Waals surface area contributed by atoms with E-state index in [1.165, 1.54) is 12.0 Å². The van der Waals surface area contributed by atoms with Crippen LogP contribution in [0.15, 0.2) is 24.3 Å². The highest BCUT2D eigenvalue weighted by molar-refractivity contribution is 5.34. The molecule has 0 radical (unpaired) electrons. The van der Waals surface area contributed by atoms with Crippen molar-refractivity contribution in [1.82, 2.24) is 5.32 Å². The lowest BCUT2D eigenvalue weighted by Gasteiger charge is -2.28. The first-order valence-electron chi connectivity index (χ1n) is 6.45. The molecule has 3 nitrogen and oxygen atoms in total. The van der Waals surface area contributed by atoms with Crippen LogP contribution in [-0.4, -0.2) is 32.4 Å². The molecule has 92 valence electrons. The average Bonchev–Trinajstić information content (AvgIpc) is 2.78. The maximum atomic E-state index is 5.95. The lowest BCUT2D eigenvalue weighted by molar-refractivity contribution is -0.0800. The van der Waals surface area contributed by atoms with E-state index in [1.807, 2.05) is 6.07 Å². The lowest BCUT2D eigenvalue weighted by Crippen LogP contribution is -2.38. The zero-order chi connectivity index (χ0) is 11.5. The fourth-order valence-corrected chi connectivity index (χ4v) is 2.45. The Morgan fingerprint density at radius 2 is 2.18 bits per heavy atom. The Morgan fingerprint density at radius 1 is 1.29 bits per heavy atom. The SMILES string of the molecule is c1ccc(OC2COC2)c(CC2CCNC2)c1. The van der Waals surface area contributed by atoms with Crippen LogP contribution in [-0.2, 0) is 11.2 Å². The predicted molar refractivity (Wildman–Crippen MR) is 66.4 cm³/mol. The van der Waals surface area contributed by atoms with E-state index in [4.69, 9.17) is 9.47 Å². The largest absolute Gasteiger partial charge is 0.485 e. The normalized spacial score (nSPS) is 24.6. The lowest BCUT2D eigenvalue weighted by atomic mass is 9.98. The van der Waals surface area contributed by atoms with Crippen molar-refractivity contribution in [3.8, 4) is 5.75 Å². The Balaban J connectivity index is 1.68. The third kappa shape index (κ3) is 2.61.